The number of aliphatic hydroxyl groups excluding tert-OH is 1. The summed E-state index contributed by atoms with van der Waals surface area (Å²) in [4.78, 5) is 12.4. The lowest BCUT2D eigenvalue weighted by Gasteiger charge is -2.21. The van der Waals surface area contributed by atoms with Crippen LogP contribution in [0.3, 0.4) is 0 Å². The molecule has 1 aliphatic carbocycles. The number of carbonyl (C=O) groups is 1. The second-order valence-corrected chi connectivity index (χ2v) is 11.6. The lowest BCUT2D eigenvalue weighted by Crippen LogP contribution is -2.40. The minimum atomic E-state index is -3.28. The molecule has 0 radical (unpaired) electrons. The molecule has 36 heavy (non-hydrogen) atoms. The number of aliphatic hydroxyl groups is 1. The number of ether oxygens (including phenoxy) is 1. The maximum absolute atomic E-state index is 13.7. The van der Waals surface area contributed by atoms with Gasteiger partial charge in [0.15, 0.2) is 21.4 Å². The number of rotatable bonds is 12. The number of nitrogens with one attached hydrogen (secondary N) is 3. The Balaban J connectivity index is 1.45. The van der Waals surface area contributed by atoms with Gasteiger partial charge in [0.05, 0.1) is 12.9 Å². The van der Waals surface area contributed by atoms with Crippen LogP contribution in [0.15, 0.2) is 42.5 Å². The van der Waals surface area contributed by atoms with E-state index in [9.17, 15) is 22.7 Å². The lowest BCUT2D eigenvalue weighted by molar-refractivity contribution is 0.0949. The van der Waals surface area contributed by atoms with E-state index in [1.807, 2.05) is 24.3 Å². The molecule has 8 nitrogen and oxygen atoms in total. The quantitative estimate of drug-likeness (QED) is 0.251. The molecule has 0 aromatic heterocycles. The molecule has 1 aliphatic rings. The Hall–Kier alpha value is -2.53. The highest BCUT2D eigenvalue weighted by Gasteiger charge is 2.27. The van der Waals surface area contributed by atoms with E-state index in [1.165, 1.54) is 18.7 Å². The largest absolute Gasteiger partial charge is 0.494 e. The van der Waals surface area contributed by atoms with Crippen molar-refractivity contribution in [3.63, 3.8) is 0 Å². The van der Waals surface area contributed by atoms with Crippen LogP contribution in [0.5, 0.6) is 5.75 Å². The number of sulfone groups is 1. The molecule has 0 spiro atoms. The summed E-state index contributed by atoms with van der Waals surface area (Å²) < 4.78 is 41.1. The first-order chi connectivity index (χ1) is 17.1. The standard InChI is InChI=1S/C26H36FN3O5S/c1-17(20-9-11-23(27)24(15-20)35-2)30-22-10-8-21(14-22)18-4-6-19(7-5-18)26(32)29-13-12-28-25(31)16-36(3,33)34/h4-7,9,11,15,17,21-22,25,28,30-31H,8,10,12-14,16H2,1-3H3,(H,29,32)/t17-,21-,22+,25?/m1/s1. The molecule has 1 saturated carbocycles. The Bertz CT molecular complexity index is 1130. The van der Waals surface area contributed by atoms with Crippen molar-refractivity contribution in [3.05, 3.63) is 65.0 Å². The summed E-state index contributed by atoms with van der Waals surface area (Å²) in [7, 11) is -1.82. The van der Waals surface area contributed by atoms with Gasteiger partial charge < -0.3 is 20.5 Å². The van der Waals surface area contributed by atoms with Crippen LogP contribution in [0.2, 0.25) is 0 Å². The summed E-state index contributed by atoms with van der Waals surface area (Å²) in [5, 5.41) is 18.7. The van der Waals surface area contributed by atoms with Crippen molar-refractivity contribution in [1.29, 1.82) is 0 Å². The van der Waals surface area contributed by atoms with Gasteiger partial charge in [-0.2, -0.15) is 0 Å². The van der Waals surface area contributed by atoms with E-state index in [1.54, 1.807) is 12.1 Å². The maximum atomic E-state index is 13.7. The minimum Gasteiger partial charge on any atom is -0.494 e. The third-order valence-electron chi connectivity index (χ3n) is 6.49. The molecular weight excluding hydrogens is 485 g/mol. The fourth-order valence-corrected chi connectivity index (χ4v) is 5.29. The van der Waals surface area contributed by atoms with Crippen LogP contribution in [0.4, 0.5) is 4.39 Å². The monoisotopic (exact) mass is 521 g/mol. The Morgan fingerprint density at radius 1 is 1.17 bits per heavy atom. The summed E-state index contributed by atoms with van der Waals surface area (Å²) >= 11 is 0. The van der Waals surface area contributed by atoms with Crippen LogP contribution < -0.4 is 20.7 Å². The van der Waals surface area contributed by atoms with Gasteiger partial charge in [0.1, 0.15) is 6.23 Å². The van der Waals surface area contributed by atoms with E-state index in [4.69, 9.17) is 4.74 Å². The molecule has 0 aliphatic heterocycles. The zero-order valence-electron chi connectivity index (χ0n) is 21.0. The van der Waals surface area contributed by atoms with Gasteiger partial charge >= 0.3 is 0 Å². The molecule has 4 atom stereocenters. The Kier molecular flexibility index (Phi) is 9.84. The molecule has 2 aromatic carbocycles. The predicted octanol–water partition coefficient (Wildman–Crippen LogP) is 2.50. The van der Waals surface area contributed by atoms with Gasteiger partial charge in [0.25, 0.3) is 5.91 Å². The number of methoxy groups -OCH3 is 1. The molecule has 10 heteroatoms. The SMILES string of the molecule is COc1cc([C@@H](C)N[C@H]2CC[C@@H](c3ccc(C(=O)NCCNC(O)CS(C)(=O)=O)cc3)C2)ccc1F. The van der Waals surface area contributed by atoms with Crippen molar-refractivity contribution >= 4 is 15.7 Å². The van der Waals surface area contributed by atoms with Crippen molar-refractivity contribution in [1.82, 2.24) is 16.0 Å². The fourth-order valence-electron chi connectivity index (χ4n) is 4.60. The number of benzene rings is 2. The second kappa shape index (κ2) is 12.6. The van der Waals surface area contributed by atoms with Gasteiger partial charge in [-0.3, -0.25) is 10.1 Å². The number of hydrogen-bond acceptors (Lipinski definition) is 7. The van der Waals surface area contributed by atoms with E-state index in [2.05, 4.69) is 22.9 Å². The van der Waals surface area contributed by atoms with Gasteiger partial charge in [-0.1, -0.05) is 18.2 Å². The third kappa shape index (κ3) is 8.26. The van der Waals surface area contributed by atoms with Crippen molar-refractivity contribution in [3.8, 4) is 5.75 Å². The van der Waals surface area contributed by atoms with Crippen molar-refractivity contribution in [2.45, 2.75) is 50.4 Å². The Morgan fingerprint density at radius 2 is 1.89 bits per heavy atom. The molecule has 1 unspecified atom stereocenters. The molecule has 1 fully saturated rings. The van der Waals surface area contributed by atoms with E-state index in [0.29, 0.717) is 17.5 Å². The number of carbonyl (C=O) groups excluding carboxylic acids is 1. The second-order valence-electron chi connectivity index (χ2n) is 9.43. The molecule has 0 saturated heterocycles. The normalized spacial score (nSPS) is 19.6. The number of amides is 1. The van der Waals surface area contributed by atoms with Gasteiger partial charge in [-0.25, -0.2) is 12.8 Å². The van der Waals surface area contributed by atoms with Crippen molar-refractivity contribution in [2.75, 3.05) is 32.2 Å². The molecule has 198 valence electrons. The van der Waals surface area contributed by atoms with Crippen LogP contribution in [-0.4, -0.2) is 63.9 Å². The molecule has 0 heterocycles. The van der Waals surface area contributed by atoms with E-state index in [-0.39, 0.29) is 42.4 Å². The average Bonchev–Trinajstić information content (AvgIpc) is 3.29. The maximum Gasteiger partial charge on any atom is 0.251 e. The topological polar surface area (TPSA) is 117 Å². The van der Waals surface area contributed by atoms with E-state index >= 15 is 0 Å². The summed E-state index contributed by atoms with van der Waals surface area (Å²) in [6.07, 6.45) is 2.95. The first-order valence-corrected chi connectivity index (χ1v) is 14.2. The molecule has 3 rings (SSSR count). The van der Waals surface area contributed by atoms with Crippen molar-refractivity contribution < 1.29 is 27.4 Å². The number of halogens is 1. The van der Waals surface area contributed by atoms with E-state index < -0.39 is 16.1 Å². The lowest BCUT2D eigenvalue weighted by atomic mass is 9.96. The molecule has 4 N–H and O–H groups in total. The van der Waals surface area contributed by atoms with Crippen LogP contribution in [0.1, 0.15) is 59.6 Å². The third-order valence-corrected chi connectivity index (χ3v) is 7.41. The van der Waals surface area contributed by atoms with E-state index in [0.717, 1.165) is 31.1 Å². The molecule has 0 bridgehead atoms. The zero-order valence-corrected chi connectivity index (χ0v) is 21.8. The molecule has 1 amide bonds. The molecular formula is C26H36FN3O5S. The predicted molar refractivity (Wildman–Crippen MR) is 137 cm³/mol. The zero-order chi connectivity index (χ0) is 26.3. The summed E-state index contributed by atoms with van der Waals surface area (Å²) in [6, 6.07) is 13.0. The van der Waals surface area contributed by atoms with Crippen LogP contribution in [0.25, 0.3) is 0 Å². The van der Waals surface area contributed by atoms with Crippen LogP contribution >= 0.6 is 0 Å². The van der Waals surface area contributed by atoms with Gasteiger partial charge in [0.2, 0.25) is 0 Å². The van der Waals surface area contributed by atoms with Gasteiger partial charge in [-0.15, -0.1) is 0 Å². The highest BCUT2D eigenvalue weighted by molar-refractivity contribution is 7.90. The van der Waals surface area contributed by atoms with Crippen LogP contribution in [-0.2, 0) is 9.84 Å². The average molecular weight is 522 g/mol. The smallest absolute Gasteiger partial charge is 0.251 e. The molecule has 2 aromatic rings. The first kappa shape index (κ1) is 28.0. The highest BCUT2D eigenvalue weighted by atomic mass is 32.2. The summed E-state index contributed by atoms with van der Waals surface area (Å²) in [5.41, 5.74) is 2.71. The first-order valence-electron chi connectivity index (χ1n) is 12.1. The summed E-state index contributed by atoms with van der Waals surface area (Å²) in [5.74, 6) is -0.327. The Morgan fingerprint density at radius 3 is 2.56 bits per heavy atom. The van der Waals surface area contributed by atoms with Gasteiger partial charge in [0, 0.05) is 37.0 Å². The highest BCUT2D eigenvalue weighted by Crippen LogP contribution is 2.36. The van der Waals surface area contributed by atoms with Crippen molar-refractivity contribution in [2.24, 2.45) is 0 Å². The fraction of sp³-hybridized carbons (Fsp3) is 0.500. The Labute approximate surface area is 212 Å². The van der Waals surface area contributed by atoms with Crippen LogP contribution in [0, 0.1) is 5.82 Å². The number of hydrogen-bond donors (Lipinski definition) is 4. The minimum absolute atomic E-state index is 0.0660. The summed E-state index contributed by atoms with van der Waals surface area (Å²) in [6.45, 7) is 2.57. The van der Waals surface area contributed by atoms with Gasteiger partial charge in [-0.05, 0) is 67.5 Å².